The Kier molecular flexibility index (Phi) is 5.80. The van der Waals surface area contributed by atoms with Gasteiger partial charge in [-0.1, -0.05) is 25.5 Å². The van der Waals surface area contributed by atoms with Gasteiger partial charge in [0, 0.05) is 22.5 Å². The minimum atomic E-state index is -5.69. The summed E-state index contributed by atoms with van der Waals surface area (Å²) in [5, 5.41) is 0. The predicted molar refractivity (Wildman–Crippen MR) is 123 cm³/mol. The molecule has 6 atom stereocenters. The first kappa shape index (κ1) is 25.3. The number of hydrogen-bond acceptors (Lipinski definition) is 5. The van der Waals surface area contributed by atoms with Gasteiger partial charge in [0.25, 0.3) is 0 Å². The van der Waals surface area contributed by atoms with Crippen molar-refractivity contribution in [3.63, 3.8) is 0 Å². The first-order chi connectivity index (χ1) is 14.9. The molecule has 33 heavy (non-hydrogen) atoms. The molecule has 0 aliphatic heterocycles. The normalized spacial score (nSPS) is 41.4. The van der Waals surface area contributed by atoms with E-state index in [4.69, 9.17) is 10.2 Å². The van der Waals surface area contributed by atoms with Gasteiger partial charge in [0.1, 0.15) is 5.76 Å². The van der Waals surface area contributed by atoms with Crippen LogP contribution in [-0.2, 0) is 18.7 Å². The first-order valence-electron chi connectivity index (χ1n) is 11.8. The van der Waals surface area contributed by atoms with Gasteiger partial charge in [0.2, 0.25) is 0 Å². The third kappa shape index (κ3) is 3.92. The molecule has 0 saturated heterocycles. The summed E-state index contributed by atoms with van der Waals surface area (Å²) in [4.78, 5) is 0. The number of alkyl halides is 3. The Morgan fingerprint density at radius 3 is 2.30 bits per heavy atom. The van der Waals surface area contributed by atoms with Gasteiger partial charge in [0.05, 0.1) is 0 Å². The Bertz CT molecular complexity index is 989. The molecule has 2 unspecified atom stereocenters. The Hall–Kier alpha value is -0.843. The molecule has 5 nitrogen and oxygen atoms in total. The fourth-order valence-corrected chi connectivity index (χ4v) is 8.88. The van der Waals surface area contributed by atoms with Crippen LogP contribution in [0, 0.1) is 22.7 Å². The van der Waals surface area contributed by atoms with Crippen molar-refractivity contribution in [1.29, 1.82) is 0 Å². The van der Waals surface area contributed by atoms with E-state index in [1.807, 2.05) is 6.92 Å². The number of halogens is 3. The largest absolute Gasteiger partial charge is 0.534 e. The molecule has 188 valence electrons. The van der Waals surface area contributed by atoms with E-state index in [-0.39, 0.29) is 29.1 Å². The number of rotatable bonds is 4. The minimum Gasteiger partial charge on any atom is -0.414 e. The van der Waals surface area contributed by atoms with Crippen molar-refractivity contribution in [2.75, 3.05) is 0 Å². The highest BCUT2D eigenvalue weighted by Gasteiger charge is 2.64. The molecule has 0 aromatic rings. The van der Waals surface area contributed by atoms with E-state index in [2.05, 4.69) is 36.8 Å². The van der Waals surface area contributed by atoms with E-state index < -0.39 is 34.9 Å². The molecule has 4 rings (SSSR count). The molecule has 2 N–H and O–H groups in total. The lowest BCUT2D eigenvalue weighted by atomic mass is 9.44. The maximum atomic E-state index is 13.0. The highest BCUT2D eigenvalue weighted by Crippen LogP contribution is 2.66. The SMILES string of the molecule is C[C@]12CC[C@H](O[Si](C)(C)C)CC1=CCC1[C@@H]3CC=C(OS(=O)(=O)C(F)(F)F)[C@@]3(C)CCC12N. The van der Waals surface area contributed by atoms with Gasteiger partial charge in [-0.25, -0.2) is 0 Å². The van der Waals surface area contributed by atoms with Crippen molar-refractivity contribution in [3.8, 4) is 0 Å². The van der Waals surface area contributed by atoms with Crippen LogP contribution >= 0.6 is 0 Å². The van der Waals surface area contributed by atoms with Crippen molar-refractivity contribution in [2.24, 2.45) is 28.4 Å². The van der Waals surface area contributed by atoms with Gasteiger partial charge in [-0.15, -0.1) is 0 Å². The Balaban J connectivity index is 1.59. The molecule has 0 radical (unpaired) electrons. The van der Waals surface area contributed by atoms with Crippen LogP contribution in [0.1, 0.15) is 58.8 Å². The van der Waals surface area contributed by atoms with E-state index in [9.17, 15) is 21.6 Å². The van der Waals surface area contributed by atoms with Crippen molar-refractivity contribution in [3.05, 3.63) is 23.5 Å². The van der Waals surface area contributed by atoms with Crippen LogP contribution in [0.15, 0.2) is 23.5 Å². The maximum Gasteiger partial charge on any atom is 0.534 e. The number of allylic oxidation sites excluding steroid dienone is 3. The molecule has 0 aromatic heterocycles. The fraction of sp³-hybridized carbons (Fsp3) is 0.826. The third-order valence-electron chi connectivity index (χ3n) is 8.92. The van der Waals surface area contributed by atoms with Crippen LogP contribution in [0.5, 0.6) is 0 Å². The minimum absolute atomic E-state index is 0.0467. The van der Waals surface area contributed by atoms with Crippen molar-refractivity contribution >= 4 is 18.4 Å². The molecule has 0 bridgehead atoms. The van der Waals surface area contributed by atoms with Crippen LogP contribution in [0.2, 0.25) is 19.6 Å². The second-order valence-electron chi connectivity index (χ2n) is 11.9. The maximum absolute atomic E-state index is 13.0. The molecule has 0 spiro atoms. The Morgan fingerprint density at radius 2 is 1.70 bits per heavy atom. The van der Waals surface area contributed by atoms with E-state index in [0.717, 1.165) is 25.7 Å². The smallest absolute Gasteiger partial charge is 0.414 e. The fourth-order valence-electron chi connectivity index (χ4n) is 7.08. The molecule has 0 aromatic carbocycles. The number of nitrogens with two attached hydrogens (primary N) is 1. The van der Waals surface area contributed by atoms with Crippen LogP contribution < -0.4 is 5.73 Å². The van der Waals surface area contributed by atoms with Crippen molar-refractivity contribution in [2.45, 2.75) is 95.6 Å². The Morgan fingerprint density at radius 1 is 1.06 bits per heavy atom. The lowest BCUT2D eigenvalue weighted by Crippen LogP contribution is -2.67. The van der Waals surface area contributed by atoms with E-state index in [1.165, 1.54) is 5.57 Å². The van der Waals surface area contributed by atoms with Gasteiger partial charge in [-0.2, -0.15) is 21.6 Å². The van der Waals surface area contributed by atoms with Gasteiger partial charge in [0.15, 0.2) is 8.32 Å². The molecule has 0 heterocycles. The zero-order chi connectivity index (χ0) is 24.7. The van der Waals surface area contributed by atoms with Gasteiger partial charge < -0.3 is 14.3 Å². The number of fused-ring (bicyclic) bond motifs is 5. The average molecular weight is 508 g/mol. The summed E-state index contributed by atoms with van der Waals surface area (Å²) in [6.07, 6.45) is 9.12. The third-order valence-corrected chi connectivity index (χ3v) is 10.9. The molecule has 0 amide bonds. The molecule has 10 heteroatoms. The highest BCUT2D eigenvalue weighted by molar-refractivity contribution is 7.87. The predicted octanol–water partition coefficient (Wildman–Crippen LogP) is 5.61. The van der Waals surface area contributed by atoms with Gasteiger partial charge in [-0.3, -0.25) is 0 Å². The van der Waals surface area contributed by atoms with E-state index >= 15 is 0 Å². The molecular weight excluding hydrogens is 471 g/mol. The van der Waals surface area contributed by atoms with Gasteiger partial charge in [-0.05, 0) is 82.5 Å². The lowest BCUT2D eigenvalue weighted by molar-refractivity contribution is -0.0653. The summed E-state index contributed by atoms with van der Waals surface area (Å²) in [6, 6.07) is 0. The first-order valence-corrected chi connectivity index (χ1v) is 16.6. The van der Waals surface area contributed by atoms with E-state index in [1.54, 1.807) is 6.08 Å². The second-order valence-corrected chi connectivity index (χ2v) is 17.8. The summed E-state index contributed by atoms with van der Waals surface area (Å²) < 4.78 is 73.4. The zero-order valence-electron chi connectivity index (χ0n) is 20.1. The van der Waals surface area contributed by atoms with Crippen LogP contribution in [-0.4, -0.2) is 33.9 Å². The van der Waals surface area contributed by atoms with Crippen molar-refractivity contribution < 1.29 is 30.2 Å². The van der Waals surface area contributed by atoms with Crippen molar-refractivity contribution in [1.82, 2.24) is 0 Å². The standard InChI is InChI=1S/C23H36F3NO4SSi/c1-20-12-13-22(27)18(17(20)8-9-19(20)30-32(28,29)23(24,25)26)7-6-15-14-16(31-33(3,4)5)10-11-21(15,22)2/h6,9,16-18H,7-8,10-14,27H2,1-5H3/t16-,17-,18?,20-,21-,22?/m0/s1. The molecule has 2 saturated carbocycles. The monoisotopic (exact) mass is 507 g/mol. The van der Waals surface area contributed by atoms with E-state index in [0.29, 0.717) is 19.3 Å². The van der Waals surface area contributed by atoms with Crippen LogP contribution in [0.3, 0.4) is 0 Å². The van der Waals surface area contributed by atoms with Crippen LogP contribution in [0.25, 0.3) is 0 Å². The Labute approximate surface area is 196 Å². The summed E-state index contributed by atoms with van der Waals surface area (Å²) in [6.45, 7) is 10.7. The summed E-state index contributed by atoms with van der Waals surface area (Å²) in [7, 11) is -7.34. The van der Waals surface area contributed by atoms with Crippen LogP contribution in [0.4, 0.5) is 13.2 Å². The summed E-state index contributed by atoms with van der Waals surface area (Å²) >= 11 is 0. The molecule has 4 aliphatic rings. The molecular formula is C23H36F3NO4SSi. The topological polar surface area (TPSA) is 78.6 Å². The molecule has 2 fully saturated rings. The number of hydrogen-bond donors (Lipinski definition) is 1. The average Bonchev–Trinajstić information content (AvgIpc) is 2.97. The lowest BCUT2D eigenvalue weighted by Gasteiger charge is -2.63. The highest BCUT2D eigenvalue weighted by atomic mass is 32.2. The molecule has 4 aliphatic carbocycles. The quantitative estimate of drug-likeness (QED) is 0.232. The summed E-state index contributed by atoms with van der Waals surface area (Å²) in [5.41, 5.74) is 1.70. The second kappa shape index (κ2) is 7.58. The van der Waals surface area contributed by atoms with Gasteiger partial charge >= 0.3 is 15.6 Å². The summed E-state index contributed by atoms with van der Waals surface area (Å²) in [5.74, 6) is -0.0790. The zero-order valence-corrected chi connectivity index (χ0v) is 21.9.